The van der Waals surface area contributed by atoms with Gasteiger partial charge >= 0.3 is 6.09 Å². The van der Waals surface area contributed by atoms with Crippen LogP contribution >= 0.6 is 11.6 Å². The van der Waals surface area contributed by atoms with Crippen molar-refractivity contribution in [2.24, 2.45) is 5.92 Å². The summed E-state index contributed by atoms with van der Waals surface area (Å²) in [5.74, 6) is -0.408. The molecule has 0 aliphatic carbocycles. The number of pyridine rings is 1. The molecule has 1 aliphatic heterocycles. The lowest BCUT2D eigenvalue weighted by atomic mass is 9.94. The van der Waals surface area contributed by atoms with E-state index in [1.54, 1.807) is 11.1 Å². The van der Waals surface area contributed by atoms with Crippen molar-refractivity contribution in [3.63, 3.8) is 0 Å². The number of rotatable bonds is 7. The number of carbonyl (C=O) groups excluding carboxylic acids is 2. The van der Waals surface area contributed by atoms with Crippen molar-refractivity contribution in [3.8, 4) is 11.3 Å². The number of hydrogen-bond acceptors (Lipinski definition) is 6. The average Bonchev–Trinajstić information content (AvgIpc) is 3.07. The van der Waals surface area contributed by atoms with Gasteiger partial charge in [0.1, 0.15) is 12.3 Å². The van der Waals surface area contributed by atoms with Crippen molar-refractivity contribution in [1.29, 1.82) is 0 Å². The fourth-order valence-corrected chi connectivity index (χ4v) is 5.53. The normalized spacial score (nSPS) is 14.3. The predicted molar refractivity (Wildman–Crippen MR) is 165 cm³/mol. The number of amides is 2. The van der Waals surface area contributed by atoms with Crippen LogP contribution < -0.4 is 5.32 Å². The Labute approximate surface area is 254 Å². The summed E-state index contributed by atoms with van der Waals surface area (Å²) in [6, 6.07) is 28.9. The Morgan fingerprint density at radius 2 is 1.60 bits per heavy atom. The zero-order valence-corrected chi connectivity index (χ0v) is 24.2. The van der Waals surface area contributed by atoms with E-state index >= 15 is 0 Å². The van der Waals surface area contributed by atoms with Gasteiger partial charge in [-0.3, -0.25) is 9.78 Å². The number of halogens is 1. The number of carbonyl (C=O) groups is 2. The lowest BCUT2D eigenvalue weighted by molar-refractivity contribution is -0.126. The number of likely N-dealkylation sites (tertiary alicyclic amines) is 1. The van der Waals surface area contributed by atoms with Gasteiger partial charge in [-0.15, -0.1) is 0 Å². The van der Waals surface area contributed by atoms with E-state index in [-0.39, 0.29) is 29.7 Å². The second-order valence-corrected chi connectivity index (χ2v) is 10.8. The molecule has 43 heavy (non-hydrogen) atoms. The SMILES string of the molecule is O=C(NC(c1ccc2ccc(-c3ccccc3)nc2c1)c1nccnc1Cl)C1CCN(C(=O)OCc2ccccc2)CC1. The van der Waals surface area contributed by atoms with Crippen LogP contribution in [0.25, 0.3) is 22.2 Å². The zero-order chi connectivity index (χ0) is 29.6. The van der Waals surface area contributed by atoms with Gasteiger partial charge in [0.15, 0.2) is 5.15 Å². The molecule has 1 unspecified atom stereocenters. The number of nitrogens with zero attached hydrogens (tertiary/aromatic N) is 4. The first-order chi connectivity index (χ1) is 21.0. The van der Waals surface area contributed by atoms with E-state index in [0.29, 0.717) is 31.6 Å². The highest BCUT2D eigenvalue weighted by molar-refractivity contribution is 6.30. The summed E-state index contributed by atoms with van der Waals surface area (Å²) in [5.41, 5.74) is 4.85. The summed E-state index contributed by atoms with van der Waals surface area (Å²) in [7, 11) is 0. The molecule has 0 spiro atoms. The fraction of sp³-hybridized carbons (Fsp3) is 0.206. The molecular weight excluding hydrogens is 562 g/mol. The molecule has 0 bridgehead atoms. The van der Waals surface area contributed by atoms with Crippen LogP contribution in [-0.4, -0.2) is 44.9 Å². The summed E-state index contributed by atoms with van der Waals surface area (Å²) in [6.45, 7) is 1.09. The van der Waals surface area contributed by atoms with Crippen molar-refractivity contribution in [3.05, 3.63) is 125 Å². The van der Waals surface area contributed by atoms with Gasteiger partial charge < -0.3 is 15.0 Å². The number of fused-ring (bicyclic) bond motifs is 1. The van der Waals surface area contributed by atoms with E-state index in [2.05, 4.69) is 15.3 Å². The summed E-state index contributed by atoms with van der Waals surface area (Å²) < 4.78 is 5.48. The van der Waals surface area contributed by atoms with Gasteiger partial charge in [-0.25, -0.2) is 14.8 Å². The summed E-state index contributed by atoms with van der Waals surface area (Å²) in [6.07, 6.45) is 3.75. The van der Waals surface area contributed by atoms with E-state index < -0.39 is 6.04 Å². The standard InChI is InChI=1S/C34H30ClN5O3/c35-32-31(36-17-18-37-32)30(27-12-11-25-13-14-28(38-29(25)21-27)24-9-5-2-6-10-24)39-33(41)26-15-19-40(20-16-26)34(42)43-22-23-7-3-1-4-8-23/h1-14,17-18,21,26,30H,15-16,19-20,22H2,(H,39,41). The maximum absolute atomic E-state index is 13.6. The monoisotopic (exact) mass is 591 g/mol. The lowest BCUT2D eigenvalue weighted by Crippen LogP contribution is -2.44. The second kappa shape index (κ2) is 13.0. The third kappa shape index (κ3) is 6.65. The Balaban J connectivity index is 1.18. The van der Waals surface area contributed by atoms with Crippen LogP contribution in [0.5, 0.6) is 0 Å². The van der Waals surface area contributed by atoms with Crippen LogP contribution in [-0.2, 0) is 16.1 Å². The Hall–Kier alpha value is -4.82. The van der Waals surface area contributed by atoms with Crippen LogP contribution in [0.4, 0.5) is 4.79 Å². The minimum Gasteiger partial charge on any atom is -0.445 e. The van der Waals surface area contributed by atoms with E-state index in [1.807, 2.05) is 91.0 Å². The first-order valence-corrected chi connectivity index (χ1v) is 14.6. The van der Waals surface area contributed by atoms with Crippen LogP contribution in [0.2, 0.25) is 5.15 Å². The summed E-state index contributed by atoms with van der Waals surface area (Å²) in [5, 5.41) is 4.37. The minimum atomic E-state index is -0.630. The van der Waals surface area contributed by atoms with Gasteiger partial charge in [0, 0.05) is 42.4 Å². The highest BCUT2D eigenvalue weighted by atomic mass is 35.5. The molecule has 2 aromatic heterocycles. The number of aromatic nitrogens is 3. The number of benzene rings is 3. The Morgan fingerprint density at radius 1 is 0.907 bits per heavy atom. The van der Waals surface area contributed by atoms with Gasteiger partial charge in [-0.05, 0) is 36.1 Å². The van der Waals surface area contributed by atoms with Crippen molar-refractivity contribution in [2.45, 2.75) is 25.5 Å². The molecule has 1 atom stereocenters. The first-order valence-electron chi connectivity index (χ1n) is 14.2. The Kier molecular flexibility index (Phi) is 8.56. The third-order valence-electron chi connectivity index (χ3n) is 7.69. The van der Waals surface area contributed by atoms with Crippen molar-refractivity contribution >= 4 is 34.5 Å². The lowest BCUT2D eigenvalue weighted by Gasteiger charge is -2.31. The molecule has 6 rings (SSSR count). The molecule has 1 saturated heterocycles. The number of ether oxygens (including phenoxy) is 1. The molecule has 3 heterocycles. The molecule has 1 aliphatic rings. The molecule has 3 aromatic carbocycles. The predicted octanol–water partition coefficient (Wildman–Crippen LogP) is 6.60. The second-order valence-electron chi connectivity index (χ2n) is 10.5. The van der Waals surface area contributed by atoms with Crippen LogP contribution in [0.3, 0.4) is 0 Å². The van der Waals surface area contributed by atoms with Gasteiger partial charge in [0.2, 0.25) is 5.91 Å². The quantitative estimate of drug-likeness (QED) is 0.229. The van der Waals surface area contributed by atoms with Crippen LogP contribution in [0.1, 0.15) is 35.7 Å². The molecule has 1 fully saturated rings. The maximum atomic E-state index is 13.6. The zero-order valence-electron chi connectivity index (χ0n) is 23.4. The summed E-state index contributed by atoms with van der Waals surface area (Å²) in [4.78, 5) is 41.5. The van der Waals surface area contributed by atoms with E-state index in [4.69, 9.17) is 21.3 Å². The Morgan fingerprint density at radius 3 is 2.35 bits per heavy atom. The molecule has 0 radical (unpaired) electrons. The van der Waals surface area contributed by atoms with E-state index in [9.17, 15) is 9.59 Å². The Bertz CT molecular complexity index is 1730. The minimum absolute atomic E-state index is 0.130. The molecule has 8 nitrogen and oxygen atoms in total. The largest absolute Gasteiger partial charge is 0.445 e. The van der Waals surface area contributed by atoms with E-state index in [1.165, 1.54) is 6.20 Å². The fourth-order valence-electron chi connectivity index (χ4n) is 5.31. The number of hydrogen-bond donors (Lipinski definition) is 1. The molecule has 216 valence electrons. The highest BCUT2D eigenvalue weighted by Crippen LogP contribution is 2.30. The first kappa shape index (κ1) is 28.3. The highest BCUT2D eigenvalue weighted by Gasteiger charge is 2.31. The van der Waals surface area contributed by atoms with E-state index in [0.717, 1.165) is 33.3 Å². The van der Waals surface area contributed by atoms with Gasteiger partial charge in [0.25, 0.3) is 0 Å². The number of nitrogens with one attached hydrogen (secondary N) is 1. The number of piperidine rings is 1. The third-order valence-corrected chi connectivity index (χ3v) is 7.98. The molecule has 0 saturated carbocycles. The van der Waals surface area contributed by atoms with Gasteiger partial charge in [-0.2, -0.15) is 0 Å². The molecule has 5 aromatic rings. The van der Waals surface area contributed by atoms with Crippen LogP contribution in [0.15, 0.2) is 103 Å². The van der Waals surface area contributed by atoms with Gasteiger partial charge in [-0.1, -0.05) is 90.5 Å². The van der Waals surface area contributed by atoms with Crippen LogP contribution in [0, 0.1) is 5.92 Å². The molecule has 9 heteroatoms. The maximum Gasteiger partial charge on any atom is 0.410 e. The van der Waals surface area contributed by atoms with Crippen molar-refractivity contribution < 1.29 is 14.3 Å². The molecule has 2 amide bonds. The smallest absolute Gasteiger partial charge is 0.410 e. The average molecular weight is 592 g/mol. The molecule has 1 N–H and O–H groups in total. The molecular formula is C34H30ClN5O3. The van der Waals surface area contributed by atoms with Crippen molar-refractivity contribution in [1.82, 2.24) is 25.2 Å². The van der Waals surface area contributed by atoms with Crippen molar-refractivity contribution in [2.75, 3.05) is 13.1 Å². The van der Waals surface area contributed by atoms with Gasteiger partial charge in [0.05, 0.1) is 17.3 Å². The summed E-state index contributed by atoms with van der Waals surface area (Å²) >= 11 is 6.49. The topological polar surface area (TPSA) is 97.3 Å².